The van der Waals surface area contributed by atoms with E-state index in [0.717, 1.165) is 37.2 Å². The van der Waals surface area contributed by atoms with Gasteiger partial charge >= 0.3 is 0 Å². The zero-order valence-electron chi connectivity index (χ0n) is 11.3. The second-order valence-electron chi connectivity index (χ2n) is 4.59. The monoisotopic (exact) mass is 280 g/mol. The number of anilines is 1. The molecule has 0 atom stereocenters. The number of pyridine rings is 1. The van der Waals surface area contributed by atoms with Gasteiger partial charge in [-0.15, -0.1) is 0 Å². The van der Waals surface area contributed by atoms with Crippen LogP contribution in [0, 0.1) is 5.82 Å². The number of benzene rings is 1. The standard InChI is InChI=1S/C15H18ClFN2/c1-3-5-10-9-13(18-8-4-2)14-11(16)6-7-12(17)15(14)19-10/h6-7,9H,3-5,8H2,1-2H3,(H,18,19). The summed E-state index contributed by atoms with van der Waals surface area (Å²) in [5, 5.41) is 4.52. The lowest BCUT2D eigenvalue weighted by Gasteiger charge is -2.12. The van der Waals surface area contributed by atoms with Gasteiger partial charge in [0.2, 0.25) is 0 Å². The van der Waals surface area contributed by atoms with Gasteiger partial charge in [0.05, 0.1) is 5.02 Å². The van der Waals surface area contributed by atoms with Gasteiger partial charge in [-0.3, -0.25) is 0 Å². The van der Waals surface area contributed by atoms with E-state index in [2.05, 4.69) is 24.1 Å². The highest BCUT2D eigenvalue weighted by Crippen LogP contribution is 2.32. The minimum absolute atomic E-state index is 0.322. The van der Waals surface area contributed by atoms with Gasteiger partial charge in [-0.1, -0.05) is 31.9 Å². The number of hydrogen-bond donors (Lipinski definition) is 1. The molecule has 0 radical (unpaired) electrons. The van der Waals surface area contributed by atoms with E-state index in [-0.39, 0.29) is 5.82 Å². The largest absolute Gasteiger partial charge is 0.384 e. The molecule has 0 unspecified atom stereocenters. The number of halogens is 2. The third-order valence-electron chi connectivity index (χ3n) is 2.99. The minimum atomic E-state index is -0.322. The molecule has 0 saturated heterocycles. The van der Waals surface area contributed by atoms with Crippen molar-refractivity contribution < 1.29 is 4.39 Å². The van der Waals surface area contributed by atoms with Crippen LogP contribution in [0.4, 0.5) is 10.1 Å². The number of fused-ring (bicyclic) bond motifs is 1. The van der Waals surface area contributed by atoms with Crippen LogP contribution in [-0.4, -0.2) is 11.5 Å². The summed E-state index contributed by atoms with van der Waals surface area (Å²) in [5.74, 6) is -0.322. The Morgan fingerprint density at radius 1 is 1.26 bits per heavy atom. The van der Waals surface area contributed by atoms with Crippen LogP contribution >= 0.6 is 11.6 Å². The van der Waals surface area contributed by atoms with E-state index in [1.165, 1.54) is 6.07 Å². The molecule has 1 heterocycles. The third-order valence-corrected chi connectivity index (χ3v) is 3.30. The first kappa shape index (κ1) is 14.1. The van der Waals surface area contributed by atoms with Gasteiger partial charge in [0.25, 0.3) is 0 Å². The summed E-state index contributed by atoms with van der Waals surface area (Å²) < 4.78 is 13.9. The highest BCUT2D eigenvalue weighted by atomic mass is 35.5. The number of nitrogens with zero attached hydrogens (tertiary/aromatic N) is 1. The molecule has 19 heavy (non-hydrogen) atoms. The van der Waals surface area contributed by atoms with Gasteiger partial charge in [-0.25, -0.2) is 9.37 Å². The number of hydrogen-bond acceptors (Lipinski definition) is 2. The maximum Gasteiger partial charge on any atom is 0.149 e. The molecule has 1 N–H and O–H groups in total. The van der Waals surface area contributed by atoms with Crippen molar-refractivity contribution in [2.45, 2.75) is 33.1 Å². The van der Waals surface area contributed by atoms with E-state index in [9.17, 15) is 4.39 Å². The first-order chi connectivity index (χ1) is 9.17. The van der Waals surface area contributed by atoms with Crippen molar-refractivity contribution in [1.29, 1.82) is 0 Å². The van der Waals surface area contributed by atoms with Crippen molar-refractivity contribution in [1.82, 2.24) is 4.98 Å². The average molecular weight is 281 g/mol. The summed E-state index contributed by atoms with van der Waals surface area (Å²) in [6, 6.07) is 4.93. The maximum absolute atomic E-state index is 13.9. The van der Waals surface area contributed by atoms with Crippen LogP contribution in [0.5, 0.6) is 0 Å². The second-order valence-corrected chi connectivity index (χ2v) is 5.00. The predicted octanol–water partition coefficient (Wildman–Crippen LogP) is 4.80. The van der Waals surface area contributed by atoms with Crippen LogP contribution in [0.2, 0.25) is 5.02 Å². The van der Waals surface area contributed by atoms with E-state index in [4.69, 9.17) is 11.6 Å². The summed E-state index contributed by atoms with van der Waals surface area (Å²) in [4.78, 5) is 4.39. The molecule has 0 aliphatic heterocycles. The quantitative estimate of drug-likeness (QED) is 0.851. The first-order valence-electron chi connectivity index (χ1n) is 6.68. The lowest BCUT2D eigenvalue weighted by Crippen LogP contribution is -2.03. The van der Waals surface area contributed by atoms with E-state index in [1.54, 1.807) is 6.07 Å². The molecule has 0 fully saturated rings. The molecule has 102 valence electrons. The van der Waals surface area contributed by atoms with Gasteiger partial charge in [-0.05, 0) is 31.0 Å². The molecule has 0 bridgehead atoms. The Labute approximate surface area is 118 Å². The van der Waals surface area contributed by atoms with Crippen LogP contribution in [0.1, 0.15) is 32.4 Å². The van der Waals surface area contributed by atoms with Gasteiger partial charge in [-0.2, -0.15) is 0 Å². The number of rotatable bonds is 5. The molecule has 0 spiro atoms. The number of aromatic nitrogens is 1. The molecule has 0 saturated carbocycles. The Balaban J connectivity index is 2.63. The molecular weight excluding hydrogens is 263 g/mol. The molecule has 1 aromatic heterocycles. The Bertz CT molecular complexity index is 584. The SMILES string of the molecule is CCCNc1cc(CCC)nc2c(F)ccc(Cl)c12. The summed E-state index contributed by atoms with van der Waals surface area (Å²) in [7, 11) is 0. The smallest absolute Gasteiger partial charge is 0.149 e. The summed E-state index contributed by atoms with van der Waals surface area (Å²) in [6.07, 6.45) is 2.82. The molecule has 4 heteroatoms. The summed E-state index contributed by atoms with van der Waals surface area (Å²) in [5.41, 5.74) is 2.13. The van der Waals surface area contributed by atoms with Gasteiger partial charge in [0.15, 0.2) is 0 Å². The van der Waals surface area contributed by atoms with Crippen molar-refractivity contribution in [3.8, 4) is 0 Å². The average Bonchev–Trinajstić information content (AvgIpc) is 2.40. The predicted molar refractivity (Wildman–Crippen MR) is 79.5 cm³/mol. The molecular formula is C15H18ClFN2. The van der Waals surface area contributed by atoms with Gasteiger partial charge in [0, 0.05) is 23.3 Å². The van der Waals surface area contributed by atoms with Crippen molar-refractivity contribution in [3.63, 3.8) is 0 Å². The first-order valence-corrected chi connectivity index (χ1v) is 7.06. The van der Waals surface area contributed by atoms with E-state index in [1.807, 2.05) is 6.07 Å². The Morgan fingerprint density at radius 2 is 2.05 bits per heavy atom. The lowest BCUT2D eigenvalue weighted by molar-refractivity contribution is 0.636. The van der Waals surface area contributed by atoms with E-state index < -0.39 is 0 Å². The highest BCUT2D eigenvalue weighted by molar-refractivity contribution is 6.36. The Hall–Kier alpha value is -1.35. The van der Waals surface area contributed by atoms with Crippen LogP contribution in [0.15, 0.2) is 18.2 Å². The molecule has 2 nitrogen and oxygen atoms in total. The molecule has 2 rings (SSSR count). The van der Waals surface area contributed by atoms with Crippen LogP contribution in [-0.2, 0) is 6.42 Å². The fourth-order valence-electron chi connectivity index (χ4n) is 2.10. The van der Waals surface area contributed by atoms with Crippen molar-refractivity contribution in [3.05, 3.63) is 34.7 Å². The van der Waals surface area contributed by atoms with Crippen LogP contribution in [0.3, 0.4) is 0 Å². The Kier molecular flexibility index (Phi) is 4.59. The fraction of sp³-hybridized carbons (Fsp3) is 0.400. The number of aryl methyl sites for hydroxylation is 1. The van der Waals surface area contributed by atoms with E-state index >= 15 is 0 Å². The fourth-order valence-corrected chi connectivity index (χ4v) is 2.36. The summed E-state index contributed by atoms with van der Waals surface area (Å²) >= 11 is 6.20. The highest BCUT2D eigenvalue weighted by Gasteiger charge is 2.12. The molecule has 2 aromatic rings. The number of nitrogens with one attached hydrogen (secondary N) is 1. The van der Waals surface area contributed by atoms with Gasteiger partial charge < -0.3 is 5.32 Å². The van der Waals surface area contributed by atoms with Crippen molar-refractivity contribution in [2.75, 3.05) is 11.9 Å². The molecule has 0 amide bonds. The normalized spacial score (nSPS) is 10.9. The van der Waals surface area contributed by atoms with Gasteiger partial charge in [0.1, 0.15) is 11.3 Å². The second kappa shape index (κ2) is 6.20. The van der Waals surface area contributed by atoms with Crippen LogP contribution < -0.4 is 5.32 Å². The zero-order valence-corrected chi connectivity index (χ0v) is 12.0. The topological polar surface area (TPSA) is 24.9 Å². The zero-order chi connectivity index (χ0) is 13.8. The maximum atomic E-state index is 13.9. The van der Waals surface area contributed by atoms with Crippen LogP contribution in [0.25, 0.3) is 10.9 Å². The van der Waals surface area contributed by atoms with Crippen molar-refractivity contribution in [2.24, 2.45) is 0 Å². The Morgan fingerprint density at radius 3 is 2.74 bits per heavy atom. The summed E-state index contributed by atoms with van der Waals surface area (Å²) in [6.45, 7) is 5.00. The molecule has 0 aliphatic carbocycles. The minimum Gasteiger partial charge on any atom is -0.384 e. The van der Waals surface area contributed by atoms with E-state index in [0.29, 0.717) is 15.9 Å². The molecule has 0 aliphatic rings. The lowest BCUT2D eigenvalue weighted by atomic mass is 10.1. The third kappa shape index (κ3) is 2.98. The van der Waals surface area contributed by atoms with Crippen molar-refractivity contribution >= 4 is 28.2 Å². The molecule has 1 aromatic carbocycles.